The van der Waals surface area contributed by atoms with Crippen LogP contribution >= 0.6 is 17.0 Å². The molecule has 0 aliphatic rings. The number of nitrogens with zero attached hydrogens (tertiary/aromatic N) is 1. The van der Waals surface area contributed by atoms with Crippen LogP contribution in [0.4, 0.5) is 0 Å². The third-order valence-electron chi connectivity index (χ3n) is 1.99. The molecule has 0 atom stereocenters. The van der Waals surface area contributed by atoms with Crippen LogP contribution in [-0.2, 0) is 11.3 Å². The fourth-order valence-electron chi connectivity index (χ4n) is 1.33. The first-order valence-corrected chi connectivity index (χ1v) is 5.34. The van der Waals surface area contributed by atoms with E-state index in [9.17, 15) is 0 Å². The van der Waals surface area contributed by atoms with Gasteiger partial charge in [-0.2, -0.15) is 0 Å². The molecule has 0 unspecified atom stereocenters. The third-order valence-corrected chi connectivity index (χ3v) is 1.99. The topological polar surface area (TPSA) is 44.0 Å². The quantitative estimate of drug-likeness (QED) is 0.786. The second-order valence-corrected chi connectivity index (χ2v) is 3.53. The van der Waals surface area contributed by atoms with Crippen LogP contribution in [0.25, 0.3) is 0 Å². The van der Waals surface area contributed by atoms with Crippen LogP contribution in [-0.4, -0.2) is 5.97 Å². The Hall–Kier alpha value is -1.68. The first-order chi connectivity index (χ1) is 8.18. The summed E-state index contributed by atoms with van der Waals surface area (Å²) in [5, 5.41) is 8.89. The number of pyridine rings is 1. The van der Waals surface area contributed by atoms with Gasteiger partial charge in [0, 0.05) is 23.7 Å². The van der Waals surface area contributed by atoms with Crippen molar-refractivity contribution in [2.75, 3.05) is 0 Å². The van der Waals surface area contributed by atoms with E-state index in [1.54, 1.807) is 0 Å². The van der Waals surface area contributed by atoms with Gasteiger partial charge in [-0.1, -0.05) is 36.4 Å². The zero-order chi connectivity index (χ0) is 12.5. The molecule has 2 aromatic rings. The summed E-state index contributed by atoms with van der Waals surface area (Å²) < 4.78 is 2.16. The Morgan fingerprint density at radius 3 is 2.00 bits per heavy atom. The monoisotopic (exact) mass is 309 g/mol. The van der Waals surface area contributed by atoms with Crippen LogP contribution in [0.2, 0.25) is 0 Å². The van der Waals surface area contributed by atoms with E-state index in [2.05, 4.69) is 41.2 Å². The summed E-state index contributed by atoms with van der Waals surface area (Å²) in [6, 6.07) is 16.6. The molecule has 2 rings (SSSR count). The van der Waals surface area contributed by atoms with Crippen LogP contribution in [0.5, 0.6) is 0 Å². The summed E-state index contributed by atoms with van der Waals surface area (Å²) in [7, 11) is 0. The van der Waals surface area contributed by atoms with E-state index in [4.69, 9.17) is 9.90 Å². The van der Waals surface area contributed by atoms with E-state index in [-0.39, 0.29) is 17.0 Å². The van der Waals surface area contributed by atoms with Gasteiger partial charge in [0.2, 0.25) is 0 Å². The molecule has 0 amide bonds. The van der Waals surface area contributed by atoms with Crippen molar-refractivity contribution < 1.29 is 14.5 Å². The summed E-state index contributed by atoms with van der Waals surface area (Å²) in [5.41, 5.74) is 1.33. The van der Waals surface area contributed by atoms with E-state index in [1.165, 1.54) is 5.56 Å². The Balaban J connectivity index is 0.000000512. The number of hydrogen-bond acceptors (Lipinski definition) is 2. The summed E-state index contributed by atoms with van der Waals surface area (Å²) >= 11 is 0. The maximum Gasteiger partial charge on any atom is 0.173 e. The Morgan fingerprint density at radius 2 is 1.50 bits per heavy atom. The molecule has 1 aromatic carbocycles. The molecule has 1 heterocycles. The van der Waals surface area contributed by atoms with Gasteiger partial charge in [-0.25, -0.2) is 4.57 Å². The van der Waals surface area contributed by atoms with Gasteiger partial charge in [0.05, 0.1) is 0 Å². The van der Waals surface area contributed by atoms with Crippen LogP contribution in [0, 0.1) is 0 Å². The molecule has 18 heavy (non-hydrogen) atoms. The SMILES string of the molecule is Br.CC(=O)[O-].c1ccc(C[n+]2ccccc2)cc1. The lowest BCUT2D eigenvalue weighted by Crippen LogP contribution is -2.32. The maximum atomic E-state index is 8.89. The summed E-state index contributed by atoms with van der Waals surface area (Å²) in [6.45, 7) is 1.92. The number of hydrogen-bond donors (Lipinski definition) is 0. The fraction of sp³-hybridized carbons (Fsp3) is 0.143. The first-order valence-electron chi connectivity index (χ1n) is 5.34. The highest BCUT2D eigenvalue weighted by molar-refractivity contribution is 8.93. The predicted molar refractivity (Wildman–Crippen MR) is 73.2 cm³/mol. The summed E-state index contributed by atoms with van der Waals surface area (Å²) in [6.07, 6.45) is 4.15. The normalized spacial score (nSPS) is 8.50. The van der Waals surface area contributed by atoms with Crippen LogP contribution in [0.1, 0.15) is 12.5 Å². The second kappa shape index (κ2) is 9.36. The molecule has 0 fully saturated rings. The van der Waals surface area contributed by atoms with Crippen LogP contribution < -0.4 is 9.67 Å². The number of carboxylic acid groups (broad SMARTS) is 1. The van der Waals surface area contributed by atoms with Crippen molar-refractivity contribution in [3.8, 4) is 0 Å². The molecule has 0 saturated heterocycles. The van der Waals surface area contributed by atoms with Crippen molar-refractivity contribution in [1.29, 1.82) is 0 Å². The highest BCUT2D eigenvalue weighted by atomic mass is 79.9. The van der Waals surface area contributed by atoms with Gasteiger partial charge >= 0.3 is 0 Å². The van der Waals surface area contributed by atoms with Gasteiger partial charge in [0.1, 0.15) is 0 Å². The van der Waals surface area contributed by atoms with Crippen molar-refractivity contribution in [2.24, 2.45) is 0 Å². The molecule has 0 spiro atoms. The van der Waals surface area contributed by atoms with E-state index < -0.39 is 5.97 Å². The minimum Gasteiger partial charge on any atom is -0.550 e. The lowest BCUT2D eigenvalue weighted by Gasteiger charge is -1.95. The van der Waals surface area contributed by atoms with E-state index >= 15 is 0 Å². The molecule has 0 aliphatic carbocycles. The lowest BCUT2D eigenvalue weighted by atomic mass is 10.2. The number of rotatable bonds is 2. The van der Waals surface area contributed by atoms with Crippen molar-refractivity contribution in [3.05, 3.63) is 66.5 Å². The Morgan fingerprint density at radius 1 is 1.06 bits per heavy atom. The standard InChI is InChI=1S/C12H12N.C2H4O2.BrH/c1-3-7-12(8-4-1)11-13-9-5-2-6-10-13;1-2(3)4;/h1-10H,11H2;1H3,(H,3,4);1H/q+1;;/p-1. The molecule has 0 N–H and O–H groups in total. The van der Waals surface area contributed by atoms with Crippen molar-refractivity contribution >= 4 is 23.0 Å². The largest absolute Gasteiger partial charge is 0.550 e. The zero-order valence-electron chi connectivity index (χ0n) is 10.2. The van der Waals surface area contributed by atoms with Crippen LogP contribution in [0.15, 0.2) is 60.9 Å². The Bertz CT molecular complexity index is 404. The van der Waals surface area contributed by atoms with Gasteiger partial charge < -0.3 is 9.90 Å². The molecule has 1 aromatic heterocycles. The highest BCUT2D eigenvalue weighted by Crippen LogP contribution is 1.96. The summed E-state index contributed by atoms with van der Waals surface area (Å²) in [4.78, 5) is 8.89. The van der Waals surface area contributed by atoms with Crippen molar-refractivity contribution in [3.63, 3.8) is 0 Å². The molecule has 0 bridgehead atoms. The number of carbonyl (C=O) groups excluding carboxylic acids is 1. The molecular formula is C14H16BrNO2. The Kier molecular flexibility index (Phi) is 8.49. The minimum absolute atomic E-state index is 0. The number of carboxylic acids is 1. The third kappa shape index (κ3) is 7.57. The predicted octanol–water partition coefficient (Wildman–Crippen LogP) is 1.36. The maximum absolute atomic E-state index is 8.89. The fourth-order valence-corrected chi connectivity index (χ4v) is 1.33. The Labute approximate surface area is 117 Å². The van der Waals surface area contributed by atoms with Gasteiger partial charge in [-0.3, -0.25) is 0 Å². The minimum atomic E-state index is -1.08. The second-order valence-electron chi connectivity index (χ2n) is 3.53. The number of halogens is 1. The van der Waals surface area contributed by atoms with Gasteiger partial charge in [-0.05, 0) is 6.92 Å². The van der Waals surface area contributed by atoms with E-state index in [0.717, 1.165) is 13.5 Å². The molecule has 4 heteroatoms. The van der Waals surface area contributed by atoms with Crippen molar-refractivity contribution in [2.45, 2.75) is 13.5 Å². The molecule has 0 radical (unpaired) electrons. The molecule has 0 aliphatic heterocycles. The number of aliphatic carboxylic acids is 1. The molecule has 3 nitrogen and oxygen atoms in total. The van der Waals surface area contributed by atoms with E-state index in [1.807, 2.05) is 24.3 Å². The number of aromatic nitrogens is 1. The number of benzene rings is 1. The molecule has 96 valence electrons. The highest BCUT2D eigenvalue weighted by Gasteiger charge is 1.98. The average Bonchev–Trinajstić information content (AvgIpc) is 2.31. The van der Waals surface area contributed by atoms with Crippen molar-refractivity contribution in [1.82, 2.24) is 0 Å². The smallest absolute Gasteiger partial charge is 0.173 e. The average molecular weight is 310 g/mol. The summed E-state index contributed by atoms with van der Waals surface area (Å²) in [5.74, 6) is -1.08. The van der Waals surface area contributed by atoms with Gasteiger partial charge in [0.25, 0.3) is 0 Å². The lowest BCUT2D eigenvalue weighted by molar-refractivity contribution is -0.688. The van der Waals surface area contributed by atoms with Crippen LogP contribution in [0.3, 0.4) is 0 Å². The molecular weight excluding hydrogens is 294 g/mol. The zero-order valence-corrected chi connectivity index (χ0v) is 11.9. The number of carbonyl (C=O) groups is 1. The van der Waals surface area contributed by atoms with Gasteiger partial charge in [-0.15, -0.1) is 17.0 Å². The van der Waals surface area contributed by atoms with Gasteiger partial charge in [0.15, 0.2) is 18.9 Å². The first kappa shape index (κ1) is 16.3. The van der Waals surface area contributed by atoms with E-state index in [0.29, 0.717) is 0 Å². The molecule has 0 saturated carbocycles.